The largest absolute Gasteiger partial charge is 0.478 e. The van der Waals surface area contributed by atoms with Crippen molar-refractivity contribution in [1.82, 2.24) is 9.97 Å². The van der Waals surface area contributed by atoms with E-state index in [1.807, 2.05) is 37.4 Å². The number of benzene rings is 2. The van der Waals surface area contributed by atoms with Crippen LogP contribution in [0.4, 0.5) is 0 Å². The molecule has 2 aromatic carbocycles. The molecule has 4 heteroatoms. The van der Waals surface area contributed by atoms with Gasteiger partial charge in [0.05, 0.1) is 11.3 Å². The molecule has 0 aliphatic carbocycles. The fourth-order valence-corrected chi connectivity index (χ4v) is 2.20. The number of aromatic amines is 1. The Labute approximate surface area is 109 Å². The van der Waals surface area contributed by atoms with Crippen LogP contribution in [0, 0.1) is 6.92 Å². The number of carbonyl (C=O) groups is 1. The van der Waals surface area contributed by atoms with Crippen molar-refractivity contribution in [3.8, 4) is 11.3 Å². The van der Waals surface area contributed by atoms with Gasteiger partial charge in [-0.3, -0.25) is 0 Å². The van der Waals surface area contributed by atoms with E-state index in [0.29, 0.717) is 5.56 Å². The molecule has 19 heavy (non-hydrogen) atoms. The van der Waals surface area contributed by atoms with Gasteiger partial charge in [0, 0.05) is 11.8 Å². The smallest absolute Gasteiger partial charge is 0.335 e. The maximum atomic E-state index is 11.0. The number of nitrogens with zero attached hydrogens (tertiary/aromatic N) is 1. The van der Waals surface area contributed by atoms with Crippen LogP contribution in [0.15, 0.2) is 42.6 Å². The first-order valence-electron chi connectivity index (χ1n) is 5.93. The number of aromatic carboxylic acids is 1. The molecular weight excluding hydrogens is 240 g/mol. The first-order valence-corrected chi connectivity index (χ1v) is 5.93. The molecular formula is C15H12N2O2. The van der Waals surface area contributed by atoms with E-state index < -0.39 is 5.97 Å². The van der Waals surface area contributed by atoms with Gasteiger partial charge in [0.1, 0.15) is 5.82 Å². The van der Waals surface area contributed by atoms with Gasteiger partial charge in [-0.1, -0.05) is 24.3 Å². The van der Waals surface area contributed by atoms with Crippen LogP contribution in [-0.4, -0.2) is 21.0 Å². The van der Waals surface area contributed by atoms with Gasteiger partial charge < -0.3 is 10.1 Å². The van der Waals surface area contributed by atoms with Crippen LogP contribution in [0.5, 0.6) is 0 Å². The van der Waals surface area contributed by atoms with Gasteiger partial charge in [-0.2, -0.15) is 0 Å². The van der Waals surface area contributed by atoms with E-state index in [1.165, 1.54) is 0 Å². The average Bonchev–Trinajstić information content (AvgIpc) is 2.84. The highest BCUT2D eigenvalue weighted by Crippen LogP contribution is 2.28. The molecule has 4 nitrogen and oxygen atoms in total. The molecule has 94 valence electrons. The zero-order valence-electron chi connectivity index (χ0n) is 10.3. The van der Waals surface area contributed by atoms with Gasteiger partial charge >= 0.3 is 5.97 Å². The number of fused-ring (bicyclic) bond motifs is 1. The summed E-state index contributed by atoms with van der Waals surface area (Å²) >= 11 is 0. The monoisotopic (exact) mass is 252 g/mol. The molecule has 0 spiro atoms. The third-order valence-electron chi connectivity index (χ3n) is 3.11. The average molecular weight is 252 g/mol. The van der Waals surface area contributed by atoms with Crippen molar-refractivity contribution in [3.05, 3.63) is 54.0 Å². The van der Waals surface area contributed by atoms with Crippen molar-refractivity contribution < 1.29 is 9.90 Å². The van der Waals surface area contributed by atoms with Crippen LogP contribution < -0.4 is 0 Å². The van der Waals surface area contributed by atoms with E-state index in [9.17, 15) is 4.79 Å². The van der Waals surface area contributed by atoms with Crippen molar-refractivity contribution in [2.45, 2.75) is 6.92 Å². The number of aromatic nitrogens is 2. The lowest BCUT2D eigenvalue weighted by molar-refractivity contribution is 0.0697. The second kappa shape index (κ2) is 4.24. The van der Waals surface area contributed by atoms with E-state index in [2.05, 4.69) is 9.97 Å². The minimum Gasteiger partial charge on any atom is -0.478 e. The molecule has 3 aromatic rings. The predicted molar refractivity (Wildman–Crippen MR) is 73.2 cm³/mol. The minimum absolute atomic E-state index is 0.294. The highest BCUT2D eigenvalue weighted by Gasteiger charge is 2.09. The lowest BCUT2D eigenvalue weighted by Gasteiger charge is -2.05. The fraction of sp³-hybridized carbons (Fsp3) is 0.0667. The van der Waals surface area contributed by atoms with Gasteiger partial charge in [0.2, 0.25) is 0 Å². The Kier molecular flexibility index (Phi) is 2.56. The fourth-order valence-electron chi connectivity index (χ4n) is 2.20. The second-order valence-corrected chi connectivity index (χ2v) is 4.42. The highest BCUT2D eigenvalue weighted by molar-refractivity contribution is 6.00. The first kappa shape index (κ1) is 11.5. The lowest BCUT2D eigenvalue weighted by Crippen LogP contribution is -1.95. The summed E-state index contributed by atoms with van der Waals surface area (Å²) in [6.07, 6.45) is 1.86. The van der Waals surface area contributed by atoms with E-state index in [-0.39, 0.29) is 0 Å². The summed E-state index contributed by atoms with van der Waals surface area (Å²) in [7, 11) is 0. The molecule has 0 atom stereocenters. The van der Waals surface area contributed by atoms with Gasteiger partial charge in [-0.05, 0) is 29.8 Å². The molecule has 1 heterocycles. The molecule has 0 amide bonds. The molecule has 0 fully saturated rings. The first-order chi connectivity index (χ1) is 9.15. The molecule has 0 saturated carbocycles. The molecule has 2 N–H and O–H groups in total. The Morgan fingerprint density at radius 2 is 2.11 bits per heavy atom. The van der Waals surface area contributed by atoms with Crippen molar-refractivity contribution in [1.29, 1.82) is 0 Å². The van der Waals surface area contributed by atoms with Crippen LogP contribution in [0.3, 0.4) is 0 Å². The van der Waals surface area contributed by atoms with E-state index in [4.69, 9.17) is 5.11 Å². The van der Waals surface area contributed by atoms with Crippen molar-refractivity contribution in [3.63, 3.8) is 0 Å². The number of carboxylic acid groups (broad SMARTS) is 1. The summed E-state index contributed by atoms with van der Waals surface area (Å²) in [5, 5.41) is 10.9. The van der Waals surface area contributed by atoms with Crippen LogP contribution in [0.1, 0.15) is 16.2 Å². The quantitative estimate of drug-likeness (QED) is 0.735. The van der Waals surface area contributed by atoms with Crippen molar-refractivity contribution >= 4 is 16.7 Å². The number of imidazole rings is 1. The molecule has 0 bridgehead atoms. The van der Waals surface area contributed by atoms with Crippen molar-refractivity contribution in [2.75, 3.05) is 0 Å². The lowest BCUT2D eigenvalue weighted by atomic mass is 10.0. The number of hydrogen-bond donors (Lipinski definition) is 2. The van der Waals surface area contributed by atoms with Crippen LogP contribution in [0.2, 0.25) is 0 Å². The molecule has 0 radical (unpaired) electrons. The third-order valence-corrected chi connectivity index (χ3v) is 3.11. The highest BCUT2D eigenvalue weighted by atomic mass is 16.4. The molecule has 0 aliphatic rings. The standard InChI is InChI=1S/C15H12N2O2/c1-9-16-8-14(17-9)13-4-2-3-10-7-11(15(18)19)5-6-12(10)13/h2-8H,1H3,(H,16,17)(H,18,19). The summed E-state index contributed by atoms with van der Waals surface area (Å²) in [5.74, 6) is -0.0583. The van der Waals surface area contributed by atoms with Crippen LogP contribution >= 0.6 is 0 Å². The van der Waals surface area contributed by atoms with E-state index >= 15 is 0 Å². The number of hydrogen-bond acceptors (Lipinski definition) is 2. The Hall–Kier alpha value is -2.62. The van der Waals surface area contributed by atoms with Gasteiger partial charge in [0.25, 0.3) is 0 Å². The Balaban J connectivity index is 2.24. The summed E-state index contributed by atoms with van der Waals surface area (Å²) in [6, 6.07) is 10.9. The molecule has 0 unspecified atom stereocenters. The van der Waals surface area contributed by atoms with Gasteiger partial charge in [0.15, 0.2) is 0 Å². The Morgan fingerprint density at radius 3 is 2.79 bits per heavy atom. The minimum atomic E-state index is -0.914. The summed E-state index contributed by atoms with van der Waals surface area (Å²) in [5.41, 5.74) is 2.16. The predicted octanol–water partition coefficient (Wildman–Crippen LogP) is 3.24. The third kappa shape index (κ3) is 1.97. The second-order valence-electron chi connectivity index (χ2n) is 4.42. The van der Waals surface area contributed by atoms with Crippen molar-refractivity contribution in [2.24, 2.45) is 0 Å². The molecule has 3 rings (SSSR count). The Morgan fingerprint density at radius 1 is 1.26 bits per heavy atom. The number of carboxylic acids is 1. The van der Waals surface area contributed by atoms with Crippen LogP contribution in [-0.2, 0) is 0 Å². The number of aryl methyl sites for hydroxylation is 1. The summed E-state index contributed by atoms with van der Waals surface area (Å²) < 4.78 is 0. The molecule has 0 aliphatic heterocycles. The van der Waals surface area contributed by atoms with E-state index in [0.717, 1.165) is 27.9 Å². The molecule has 0 saturated heterocycles. The summed E-state index contributed by atoms with van der Waals surface area (Å²) in [6.45, 7) is 1.90. The SMILES string of the molecule is Cc1nc(-c2cccc3cc(C(=O)O)ccc23)c[nH]1. The number of rotatable bonds is 2. The normalized spacial score (nSPS) is 10.8. The zero-order valence-corrected chi connectivity index (χ0v) is 10.3. The zero-order chi connectivity index (χ0) is 13.4. The number of H-pyrrole nitrogens is 1. The topological polar surface area (TPSA) is 66.0 Å². The van der Waals surface area contributed by atoms with Gasteiger partial charge in [-0.15, -0.1) is 0 Å². The summed E-state index contributed by atoms with van der Waals surface area (Å²) in [4.78, 5) is 18.5. The number of nitrogens with one attached hydrogen (secondary N) is 1. The maximum Gasteiger partial charge on any atom is 0.335 e. The maximum absolute atomic E-state index is 11.0. The Bertz CT molecular complexity index is 775. The van der Waals surface area contributed by atoms with E-state index in [1.54, 1.807) is 12.1 Å². The van der Waals surface area contributed by atoms with Gasteiger partial charge in [-0.25, -0.2) is 9.78 Å². The van der Waals surface area contributed by atoms with Crippen LogP contribution in [0.25, 0.3) is 22.0 Å². The molecule has 1 aromatic heterocycles.